The molecule has 2 aliphatic rings. The van der Waals surface area contributed by atoms with E-state index in [1.807, 2.05) is 19.1 Å². The van der Waals surface area contributed by atoms with Crippen molar-refractivity contribution in [1.82, 2.24) is 9.97 Å². The zero-order valence-electron chi connectivity index (χ0n) is 16.8. The predicted octanol–water partition coefficient (Wildman–Crippen LogP) is 4.81. The smallest absolute Gasteiger partial charge is 0.181 e. The Kier molecular flexibility index (Phi) is 5.54. The van der Waals surface area contributed by atoms with Crippen LogP contribution in [0.1, 0.15) is 89.9 Å². The van der Waals surface area contributed by atoms with Gasteiger partial charge < -0.3 is 0 Å². The first kappa shape index (κ1) is 19.4. The molecule has 27 heavy (non-hydrogen) atoms. The summed E-state index contributed by atoms with van der Waals surface area (Å²) in [5, 5.41) is 0. The minimum Gasteiger partial charge on any atom is -0.292 e. The van der Waals surface area contributed by atoms with Crippen molar-refractivity contribution in [3.63, 3.8) is 0 Å². The summed E-state index contributed by atoms with van der Waals surface area (Å²) in [5.41, 5.74) is 5.64. The number of Topliss-reactive ketones (excluding diaryl/α,β-unsaturated/α-hetero) is 2. The van der Waals surface area contributed by atoms with Gasteiger partial charge in [-0.05, 0) is 55.9 Å². The Labute approximate surface area is 161 Å². The number of aryl methyl sites for hydroxylation is 3. The van der Waals surface area contributed by atoms with Gasteiger partial charge >= 0.3 is 0 Å². The Balaban J connectivity index is 0.000000159. The first-order valence-electron chi connectivity index (χ1n) is 9.79. The van der Waals surface area contributed by atoms with Crippen LogP contribution in [-0.4, -0.2) is 21.5 Å². The highest BCUT2D eigenvalue weighted by molar-refractivity contribution is 5.97. The second kappa shape index (κ2) is 7.71. The van der Waals surface area contributed by atoms with Crippen LogP contribution in [0.4, 0.5) is 0 Å². The van der Waals surface area contributed by atoms with Crippen LogP contribution in [0.5, 0.6) is 0 Å². The topological polar surface area (TPSA) is 59.9 Å². The summed E-state index contributed by atoms with van der Waals surface area (Å²) in [5.74, 6) is 0.419. The highest BCUT2D eigenvalue weighted by Crippen LogP contribution is 2.25. The van der Waals surface area contributed by atoms with Crippen molar-refractivity contribution in [3.05, 3.63) is 58.2 Å². The minimum atomic E-state index is 0.0206. The maximum atomic E-state index is 11.7. The molecule has 0 aliphatic heterocycles. The molecule has 0 atom stereocenters. The maximum absolute atomic E-state index is 11.7. The number of carbonyl (C=O) groups excluding carboxylic acids is 2. The minimum absolute atomic E-state index is 0.0206. The molecule has 0 unspecified atom stereocenters. The van der Waals surface area contributed by atoms with Gasteiger partial charge in [-0.25, -0.2) is 9.97 Å². The highest BCUT2D eigenvalue weighted by Gasteiger charge is 2.22. The molecule has 0 aromatic carbocycles. The maximum Gasteiger partial charge on any atom is 0.181 e. The number of rotatable bonds is 0. The molecule has 0 saturated carbocycles. The molecule has 0 fully saturated rings. The Morgan fingerprint density at radius 1 is 0.741 bits per heavy atom. The van der Waals surface area contributed by atoms with E-state index >= 15 is 0 Å². The van der Waals surface area contributed by atoms with Crippen molar-refractivity contribution in [3.8, 4) is 0 Å². The molecule has 0 spiro atoms. The molecule has 4 nitrogen and oxygen atoms in total. The summed E-state index contributed by atoms with van der Waals surface area (Å²) in [7, 11) is 0. The van der Waals surface area contributed by atoms with Crippen LogP contribution in [0.3, 0.4) is 0 Å². The number of aromatic nitrogens is 2. The van der Waals surface area contributed by atoms with Crippen molar-refractivity contribution in [2.75, 3.05) is 0 Å². The molecule has 0 N–H and O–H groups in total. The number of hydrogen-bond acceptors (Lipinski definition) is 4. The zero-order chi connectivity index (χ0) is 19.6. The first-order valence-corrected chi connectivity index (χ1v) is 9.79. The third kappa shape index (κ3) is 4.49. The molecule has 2 heterocycles. The summed E-state index contributed by atoms with van der Waals surface area (Å²) in [6, 6.07) is 8.11. The molecule has 2 aliphatic carbocycles. The fourth-order valence-electron chi connectivity index (χ4n) is 3.49. The summed E-state index contributed by atoms with van der Waals surface area (Å²) >= 11 is 0. The van der Waals surface area contributed by atoms with Crippen LogP contribution in [0, 0.1) is 6.92 Å². The van der Waals surface area contributed by atoms with Crippen LogP contribution in [0.2, 0.25) is 0 Å². The summed E-state index contributed by atoms with van der Waals surface area (Å²) < 4.78 is 0. The molecule has 2 aromatic rings. The number of carbonyl (C=O) groups is 2. The van der Waals surface area contributed by atoms with E-state index in [1.54, 1.807) is 0 Å². The first-order chi connectivity index (χ1) is 12.8. The Bertz CT molecular complexity index is 878. The fourth-order valence-corrected chi connectivity index (χ4v) is 3.49. The van der Waals surface area contributed by atoms with Gasteiger partial charge in [-0.15, -0.1) is 0 Å². The van der Waals surface area contributed by atoms with E-state index in [-0.39, 0.29) is 17.0 Å². The van der Waals surface area contributed by atoms with Crippen molar-refractivity contribution >= 4 is 11.6 Å². The van der Waals surface area contributed by atoms with Gasteiger partial charge in [0.2, 0.25) is 0 Å². The molecular weight excluding hydrogens is 336 g/mol. The van der Waals surface area contributed by atoms with E-state index in [4.69, 9.17) is 0 Å². The van der Waals surface area contributed by atoms with Crippen LogP contribution < -0.4 is 0 Å². The second-order valence-electron chi connectivity index (χ2n) is 8.47. The Morgan fingerprint density at radius 2 is 1.26 bits per heavy atom. The summed E-state index contributed by atoms with van der Waals surface area (Å²) in [6.07, 6.45) is 5.29. The normalized spacial score (nSPS) is 16.1. The van der Waals surface area contributed by atoms with Gasteiger partial charge in [0, 0.05) is 29.6 Å². The SMILES string of the molecule is CC(C)(C)c1ccc2c(n1)C(=O)CCC2.Cc1ccc2c(n1)C(=O)CCC2. The molecule has 0 bridgehead atoms. The van der Waals surface area contributed by atoms with Crippen molar-refractivity contribution in [2.24, 2.45) is 0 Å². The summed E-state index contributed by atoms with van der Waals surface area (Å²) in [4.78, 5) is 31.8. The molecule has 4 rings (SSSR count). The third-order valence-electron chi connectivity index (χ3n) is 5.09. The lowest BCUT2D eigenvalue weighted by molar-refractivity contribution is 0.0959. The van der Waals surface area contributed by atoms with E-state index in [0.29, 0.717) is 24.2 Å². The number of fused-ring (bicyclic) bond motifs is 2. The van der Waals surface area contributed by atoms with Crippen molar-refractivity contribution < 1.29 is 9.59 Å². The molecule has 0 amide bonds. The molecule has 4 heteroatoms. The van der Waals surface area contributed by atoms with Gasteiger partial charge in [0.1, 0.15) is 11.4 Å². The predicted molar refractivity (Wildman–Crippen MR) is 106 cm³/mol. The molecular formula is C23H28N2O2. The van der Waals surface area contributed by atoms with E-state index < -0.39 is 0 Å². The fraction of sp³-hybridized carbons (Fsp3) is 0.478. The Morgan fingerprint density at radius 3 is 1.81 bits per heavy atom. The van der Waals surface area contributed by atoms with Gasteiger partial charge in [-0.2, -0.15) is 0 Å². The third-order valence-corrected chi connectivity index (χ3v) is 5.09. The van der Waals surface area contributed by atoms with E-state index in [2.05, 4.69) is 42.9 Å². The molecule has 0 radical (unpaired) electrons. The molecule has 0 saturated heterocycles. The van der Waals surface area contributed by atoms with Crippen molar-refractivity contribution in [1.29, 1.82) is 0 Å². The number of pyridine rings is 2. The standard InChI is InChI=1S/C13H17NO.C10H11NO/c1-13(2,3)11-8-7-9-5-4-6-10(15)12(9)14-11;1-7-5-6-8-3-2-4-9(12)10(8)11-7/h7-8H,4-6H2,1-3H3;5-6H,2-4H2,1H3. The van der Waals surface area contributed by atoms with Crippen molar-refractivity contribution in [2.45, 2.75) is 71.6 Å². The van der Waals surface area contributed by atoms with Crippen LogP contribution in [0.25, 0.3) is 0 Å². The van der Waals surface area contributed by atoms with Crippen LogP contribution >= 0.6 is 0 Å². The summed E-state index contributed by atoms with van der Waals surface area (Å²) in [6.45, 7) is 8.28. The number of nitrogens with zero attached hydrogens (tertiary/aromatic N) is 2. The quantitative estimate of drug-likeness (QED) is 0.673. The van der Waals surface area contributed by atoms with Gasteiger partial charge in [0.05, 0.1) is 0 Å². The second-order valence-corrected chi connectivity index (χ2v) is 8.47. The lowest BCUT2D eigenvalue weighted by Gasteiger charge is -2.21. The van der Waals surface area contributed by atoms with Crippen LogP contribution in [-0.2, 0) is 18.3 Å². The van der Waals surface area contributed by atoms with E-state index in [1.165, 1.54) is 0 Å². The number of ketones is 2. The monoisotopic (exact) mass is 364 g/mol. The van der Waals surface area contributed by atoms with E-state index in [0.717, 1.165) is 48.2 Å². The average Bonchev–Trinajstić information content (AvgIpc) is 2.62. The van der Waals surface area contributed by atoms with Crippen LogP contribution in [0.15, 0.2) is 24.3 Å². The van der Waals surface area contributed by atoms with Gasteiger partial charge in [-0.1, -0.05) is 32.9 Å². The van der Waals surface area contributed by atoms with Gasteiger partial charge in [0.15, 0.2) is 11.6 Å². The molecule has 2 aromatic heterocycles. The number of hydrogen-bond donors (Lipinski definition) is 0. The molecule has 142 valence electrons. The largest absolute Gasteiger partial charge is 0.292 e. The lowest BCUT2D eigenvalue weighted by atomic mass is 9.88. The average molecular weight is 364 g/mol. The Hall–Kier alpha value is -2.36. The van der Waals surface area contributed by atoms with E-state index in [9.17, 15) is 9.59 Å². The lowest BCUT2D eigenvalue weighted by Crippen LogP contribution is -2.19. The van der Waals surface area contributed by atoms with Gasteiger partial charge in [0.25, 0.3) is 0 Å². The highest BCUT2D eigenvalue weighted by atomic mass is 16.1. The zero-order valence-corrected chi connectivity index (χ0v) is 16.8. The van der Waals surface area contributed by atoms with Gasteiger partial charge in [-0.3, -0.25) is 9.59 Å².